The minimum Gasteiger partial charge on any atom is -0.385 e. The maximum absolute atomic E-state index is 13.5. The second kappa shape index (κ2) is 4.56. The molecule has 0 aliphatic heterocycles. The van der Waals surface area contributed by atoms with E-state index in [-0.39, 0.29) is 12.2 Å². The predicted molar refractivity (Wildman–Crippen MR) is 63.1 cm³/mol. The Kier molecular flexibility index (Phi) is 3.31. The normalized spacial score (nSPS) is 24.7. The summed E-state index contributed by atoms with van der Waals surface area (Å²) in [6.45, 7) is 0. The predicted octanol–water partition coefficient (Wildman–Crippen LogP) is 3.49. The fourth-order valence-electron chi connectivity index (χ4n) is 2.07. The lowest BCUT2D eigenvalue weighted by molar-refractivity contribution is 0.0742. The Hall–Kier alpha value is -0.860. The molecule has 1 nitrogen and oxygen atoms in total. The SMILES string of the molecule is OC1(Cc2cc(Cl)ccc2F)C=CCCC1. The van der Waals surface area contributed by atoms with E-state index in [9.17, 15) is 9.50 Å². The molecule has 0 bridgehead atoms. The summed E-state index contributed by atoms with van der Waals surface area (Å²) in [6.07, 6.45) is 6.61. The van der Waals surface area contributed by atoms with Crippen LogP contribution in [0.25, 0.3) is 0 Å². The summed E-state index contributed by atoms with van der Waals surface area (Å²) in [4.78, 5) is 0. The highest BCUT2D eigenvalue weighted by Gasteiger charge is 2.26. The molecule has 0 saturated heterocycles. The Morgan fingerprint density at radius 3 is 2.94 bits per heavy atom. The van der Waals surface area contributed by atoms with E-state index >= 15 is 0 Å². The standard InChI is InChI=1S/C13H14ClFO/c14-11-4-5-12(15)10(8-11)9-13(16)6-2-1-3-7-13/h2,4-6,8,16H,1,3,7,9H2. The highest BCUT2D eigenvalue weighted by molar-refractivity contribution is 6.30. The third-order valence-electron chi connectivity index (χ3n) is 2.91. The van der Waals surface area contributed by atoms with Crippen molar-refractivity contribution in [1.82, 2.24) is 0 Å². The average molecular weight is 241 g/mol. The summed E-state index contributed by atoms with van der Waals surface area (Å²) in [7, 11) is 0. The van der Waals surface area contributed by atoms with Gasteiger partial charge in [-0.05, 0) is 43.0 Å². The first kappa shape index (κ1) is 11.6. The summed E-state index contributed by atoms with van der Waals surface area (Å²) in [5.74, 6) is -0.309. The number of halogens is 2. The van der Waals surface area contributed by atoms with Crippen LogP contribution in [0.1, 0.15) is 24.8 Å². The zero-order valence-corrected chi connectivity index (χ0v) is 9.67. The van der Waals surface area contributed by atoms with Gasteiger partial charge in [-0.15, -0.1) is 0 Å². The molecule has 1 unspecified atom stereocenters. The van der Waals surface area contributed by atoms with Gasteiger partial charge in [0, 0.05) is 11.4 Å². The van der Waals surface area contributed by atoms with E-state index in [2.05, 4.69) is 0 Å². The molecule has 1 aliphatic rings. The zero-order chi connectivity index (χ0) is 11.6. The van der Waals surface area contributed by atoms with Crippen molar-refractivity contribution in [2.75, 3.05) is 0 Å². The first-order valence-corrected chi connectivity index (χ1v) is 5.81. The van der Waals surface area contributed by atoms with Gasteiger partial charge >= 0.3 is 0 Å². The monoisotopic (exact) mass is 240 g/mol. The highest BCUT2D eigenvalue weighted by atomic mass is 35.5. The first-order valence-electron chi connectivity index (χ1n) is 5.43. The van der Waals surface area contributed by atoms with Crippen LogP contribution >= 0.6 is 11.6 Å². The first-order chi connectivity index (χ1) is 7.59. The number of allylic oxidation sites excluding steroid dienone is 1. The molecule has 0 aromatic heterocycles. The number of aliphatic hydroxyl groups is 1. The molecule has 1 aliphatic carbocycles. The van der Waals surface area contributed by atoms with E-state index in [1.54, 1.807) is 12.1 Å². The molecule has 3 heteroatoms. The molecular formula is C13H14ClFO. The Morgan fingerprint density at radius 2 is 2.25 bits per heavy atom. The van der Waals surface area contributed by atoms with Crippen molar-refractivity contribution < 1.29 is 9.50 Å². The summed E-state index contributed by atoms with van der Waals surface area (Å²) < 4.78 is 13.5. The van der Waals surface area contributed by atoms with Crippen LogP contribution in [-0.2, 0) is 6.42 Å². The molecule has 16 heavy (non-hydrogen) atoms. The molecule has 1 aromatic carbocycles. The molecule has 0 spiro atoms. The molecule has 1 N–H and O–H groups in total. The smallest absolute Gasteiger partial charge is 0.126 e. The largest absolute Gasteiger partial charge is 0.385 e. The number of hydrogen-bond donors (Lipinski definition) is 1. The van der Waals surface area contributed by atoms with E-state index in [0.29, 0.717) is 17.0 Å². The molecular weight excluding hydrogens is 227 g/mol. The fourth-order valence-corrected chi connectivity index (χ4v) is 2.26. The average Bonchev–Trinajstić information content (AvgIpc) is 2.24. The van der Waals surface area contributed by atoms with Gasteiger partial charge in [-0.3, -0.25) is 0 Å². The van der Waals surface area contributed by atoms with E-state index in [1.165, 1.54) is 12.1 Å². The second-order valence-electron chi connectivity index (χ2n) is 4.31. The van der Waals surface area contributed by atoms with Gasteiger partial charge in [0.05, 0.1) is 5.60 Å². The van der Waals surface area contributed by atoms with Gasteiger partial charge in [-0.25, -0.2) is 4.39 Å². The van der Waals surface area contributed by atoms with Gasteiger partial charge in [0.25, 0.3) is 0 Å². The van der Waals surface area contributed by atoms with Crippen molar-refractivity contribution in [3.63, 3.8) is 0 Å². The molecule has 0 fully saturated rings. The van der Waals surface area contributed by atoms with Crippen molar-refractivity contribution in [2.24, 2.45) is 0 Å². The van der Waals surface area contributed by atoms with Crippen LogP contribution in [0.5, 0.6) is 0 Å². The summed E-state index contributed by atoms with van der Waals surface area (Å²) in [5, 5.41) is 10.7. The van der Waals surface area contributed by atoms with Crippen LogP contribution in [-0.4, -0.2) is 10.7 Å². The number of benzene rings is 1. The molecule has 2 rings (SSSR count). The maximum Gasteiger partial charge on any atom is 0.126 e. The van der Waals surface area contributed by atoms with Crippen molar-refractivity contribution in [2.45, 2.75) is 31.3 Å². The van der Waals surface area contributed by atoms with Crippen molar-refractivity contribution >= 4 is 11.6 Å². The molecule has 86 valence electrons. The van der Waals surface area contributed by atoms with Gasteiger partial charge in [0.2, 0.25) is 0 Å². The molecule has 1 atom stereocenters. The van der Waals surface area contributed by atoms with Gasteiger partial charge in [0.15, 0.2) is 0 Å². The minimum absolute atomic E-state index is 0.288. The van der Waals surface area contributed by atoms with Gasteiger partial charge in [-0.1, -0.05) is 23.8 Å². The maximum atomic E-state index is 13.5. The van der Waals surface area contributed by atoms with Crippen LogP contribution in [0.2, 0.25) is 5.02 Å². The molecule has 0 heterocycles. The van der Waals surface area contributed by atoms with Gasteiger partial charge in [-0.2, -0.15) is 0 Å². The lowest BCUT2D eigenvalue weighted by Crippen LogP contribution is -2.30. The minimum atomic E-state index is -0.913. The van der Waals surface area contributed by atoms with Gasteiger partial charge < -0.3 is 5.11 Å². The molecule has 1 aromatic rings. The van der Waals surface area contributed by atoms with Crippen LogP contribution in [0.15, 0.2) is 30.4 Å². The van der Waals surface area contributed by atoms with Crippen LogP contribution in [0.4, 0.5) is 4.39 Å². The van der Waals surface area contributed by atoms with E-state index in [0.717, 1.165) is 12.8 Å². The van der Waals surface area contributed by atoms with Crippen LogP contribution in [0.3, 0.4) is 0 Å². The zero-order valence-electron chi connectivity index (χ0n) is 8.92. The van der Waals surface area contributed by atoms with Crippen LogP contribution in [0, 0.1) is 5.82 Å². The molecule has 0 saturated carbocycles. The summed E-state index contributed by atoms with van der Waals surface area (Å²) in [6, 6.07) is 4.44. The van der Waals surface area contributed by atoms with Crippen molar-refractivity contribution in [3.05, 3.63) is 46.8 Å². The quantitative estimate of drug-likeness (QED) is 0.785. The third kappa shape index (κ3) is 2.63. The lowest BCUT2D eigenvalue weighted by Gasteiger charge is -2.27. The Morgan fingerprint density at radius 1 is 1.44 bits per heavy atom. The lowest BCUT2D eigenvalue weighted by atomic mass is 9.85. The van der Waals surface area contributed by atoms with Crippen molar-refractivity contribution in [1.29, 1.82) is 0 Å². The summed E-state index contributed by atoms with van der Waals surface area (Å²) >= 11 is 5.81. The van der Waals surface area contributed by atoms with Crippen LogP contribution < -0.4 is 0 Å². The number of rotatable bonds is 2. The summed E-state index contributed by atoms with van der Waals surface area (Å²) in [5.41, 5.74) is -0.439. The Labute approximate surface area is 99.6 Å². The molecule has 0 radical (unpaired) electrons. The van der Waals surface area contributed by atoms with E-state index in [4.69, 9.17) is 11.6 Å². The number of hydrogen-bond acceptors (Lipinski definition) is 1. The Bertz CT molecular complexity index is 416. The molecule has 0 amide bonds. The topological polar surface area (TPSA) is 20.2 Å². The van der Waals surface area contributed by atoms with E-state index < -0.39 is 5.60 Å². The highest BCUT2D eigenvalue weighted by Crippen LogP contribution is 2.28. The fraction of sp³-hybridized carbons (Fsp3) is 0.385. The van der Waals surface area contributed by atoms with Crippen molar-refractivity contribution in [3.8, 4) is 0 Å². The van der Waals surface area contributed by atoms with E-state index in [1.807, 2.05) is 6.08 Å². The Balaban J connectivity index is 2.22. The van der Waals surface area contributed by atoms with Gasteiger partial charge in [0.1, 0.15) is 5.82 Å². The third-order valence-corrected chi connectivity index (χ3v) is 3.15. The second-order valence-corrected chi connectivity index (χ2v) is 4.75.